The summed E-state index contributed by atoms with van der Waals surface area (Å²) in [7, 11) is 0. The summed E-state index contributed by atoms with van der Waals surface area (Å²) in [5.41, 5.74) is 4.25. The SMILES string of the molecule is CCCC/C(=C\N=c1ccccn1Cn1nnc2ccccc21)CC. The minimum atomic E-state index is 0.588. The topological polar surface area (TPSA) is 48.0 Å². The highest BCUT2D eigenvalue weighted by molar-refractivity contribution is 5.73. The maximum atomic E-state index is 4.73. The summed E-state index contributed by atoms with van der Waals surface area (Å²) < 4.78 is 3.99. The lowest BCUT2D eigenvalue weighted by atomic mass is 10.1. The average Bonchev–Trinajstić information content (AvgIpc) is 3.06. The number of aromatic nitrogens is 4. The molecule has 0 atom stereocenters. The Morgan fingerprint density at radius 2 is 1.96 bits per heavy atom. The number of allylic oxidation sites excluding steroid dienone is 1. The van der Waals surface area contributed by atoms with E-state index in [1.807, 2.05) is 59.5 Å². The van der Waals surface area contributed by atoms with Crippen molar-refractivity contribution in [3.8, 4) is 0 Å². The first-order chi connectivity index (χ1) is 12.3. The number of hydrogen-bond acceptors (Lipinski definition) is 3. The van der Waals surface area contributed by atoms with Crippen LogP contribution in [0.3, 0.4) is 0 Å². The number of rotatable bonds is 7. The standard InChI is InChI=1S/C20H25N5/c1-3-5-10-17(4-2)15-21-20-13-8-9-14-24(20)16-25-19-12-7-6-11-18(19)22-23-25/h6-9,11-15H,3-5,10,16H2,1-2H3/b17-15-,21-20?. The Bertz CT molecular complexity index is 917. The predicted octanol–water partition coefficient (Wildman–Crippen LogP) is 4.12. The van der Waals surface area contributed by atoms with Gasteiger partial charge in [0.15, 0.2) is 0 Å². The summed E-state index contributed by atoms with van der Waals surface area (Å²) in [6.07, 6.45) is 8.65. The van der Waals surface area contributed by atoms with Crippen LogP contribution in [-0.2, 0) is 6.67 Å². The molecule has 0 spiro atoms. The number of hydrogen-bond donors (Lipinski definition) is 0. The van der Waals surface area contributed by atoms with Crippen LogP contribution in [0.5, 0.6) is 0 Å². The van der Waals surface area contributed by atoms with Crippen molar-refractivity contribution in [3.05, 3.63) is 65.9 Å². The molecule has 0 N–H and O–H groups in total. The van der Waals surface area contributed by atoms with Gasteiger partial charge in [-0.2, -0.15) is 0 Å². The second-order valence-electron chi connectivity index (χ2n) is 6.12. The quantitative estimate of drug-likeness (QED) is 0.652. The molecule has 2 heterocycles. The zero-order valence-electron chi connectivity index (χ0n) is 15.0. The largest absolute Gasteiger partial charge is 0.313 e. The van der Waals surface area contributed by atoms with Crippen LogP contribution < -0.4 is 5.49 Å². The number of unbranched alkanes of at least 4 members (excludes halogenated alkanes) is 1. The van der Waals surface area contributed by atoms with Gasteiger partial charge in [0.25, 0.3) is 0 Å². The predicted molar refractivity (Wildman–Crippen MR) is 101 cm³/mol. The van der Waals surface area contributed by atoms with E-state index in [9.17, 15) is 0 Å². The number of fused-ring (bicyclic) bond motifs is 1. The number of nitrogens with zero attached hydrogens (tertiary/aromatic N) is 5. The maximum Gasteiger partial charge on any atom is 0.133 e. The molecule has 0 amide bonds. The Hall–Kier alpha value is -2.69. The lowest BCUT2D eigenvalue weighted by molar-refractivity contribution is 0.527. The van der Waals surface area contributed by atoms with E-state index in [4.69, 9.17) is 4.99 Å². The molecule has 0 aliphatic carbocycles. The average molecular weight is 335 g/mol. The van der Waals surface area contributed by atoms with Crippen molar-refractivity contribution >= 4 is 11.0 Å². The monoisotopic (exact) mass is 335 g/mol. The van der Waals surface area contributed by atoms with E-state index >= 15 is 0 Å². The molecule has 3 aromatic rings. The van der Waals surface area contributed by atoms with Crippen molar-refractivity contribution in [3.63, 3.8) is 0 Å². The first kappa shape index (κ1) is 17.1. The van der Waals surface area contributed by atoms with E-state index in [1.165, 1.54) is 18.4 Å². The lowest BCUT2D eigenvalue weighted by Crippen LogP contribution is -2.23. The summed E-state index contributed by atoms with van der Waals surface area (Å²) in [6, 6.07) is 14.1. The molecule has 0 bridgehead atoms. The zero-order valence-corrected chi connectivity index (χ0v) is 15.0. The molecule has 0 radical (unpaired) electrons. The minimum Gasteiger partial charge on any atom is -0.313 e. The second kappa shape index (κ2) is 8.42. The summed E-state index contributed by atoms with van der Waals surface area (Å²) >= 11 is 0. The van der Waals surface area contributed by atoms with Crippen molar-refractivity contribution in [2.24, 2.45) is 4.99 Å². The van der Waals surface area contributed by atoms with Gasteiger partial charge in [0.2, 0.25) is 0 Å². The van der Waals surface area contributed by atoms with Crippen molar-refractivity contribution < 1.29 is 0 Å². The Morgan fingerprint density at radius 3 is 2.80 bits per heavy atom. The Kier molecular flexibility index (Phi) is 5.77. The number of pyridine rings is 1. The van der Waals surface area contributed by atoms with Gasteiger partial charge in [-0.3, -0.25) is 0 Å². The zero-order chi connectivity index (χ0) is 17.5. The third-order valence-electron chi connectivity index (χ3n) is 4.31. The molecule has 0 fully saturated rings. The van der Waals surface area contributed by atoms with Crippen LogP contribution in [0.1, 0.15) is 39.5 Å². The van der Waals surface area contributed by atoms with Crippen molar-refractivity contribution in [2.75, 3.05) is 0 Å². The number of benzene rings is 1. The van der Waals surface area contributed by atoms with Crippen LogP contribution in [0, 0.1) is 0 Å². The van der Waals surface area contributed by atoms with Crippen molar-refractivity contribution in [2.45, 2.75) is 46.2 Å². The fourth-order valence-corrected chi connectivity index (χ4v) is 2.76. The molecule has 0 aliphatic heterocycles. The van der Waals surface area contributed by atoms with E-state index in [1.54, 1.807) is 0 Å². The van der Waals surface area contributed by atoms with Crippen LogP contribution in [0.4, 0.5) is 0 Å². The smallest absolute Gasteiger partial charge is 0.133 e. The van der Waals surface area contributed by atoms with E-state index in [-0.39, 0.29) is 0 Å². The Balaban J connectivity index is 1.90. The van der Waals surface area contributed by atoms with E-state index < -0.39 is 0 Å². The molecule has 1 aromatic carbocycles. The molecule has 25 heavy (non-hydrogen) atoms. The Labute approximate surface area is 148 Å². The number of para-hydroxylation sites is 1. The highest BCUT2D eigenvalue weighted by Crippen LogP contribution is 2.11. The molecule has 5 heteroatoms. The van der Waals surface area contributed by atoms with Crippen molar-refractivity contribution in [1.82, 2.24) is 19.6 Å². The summed E-state index contributed by atoms with van der Waals surface area (Å²) in [6.45, 7) is 5.00. The molecule has 130 valence electrons. The molecule has 5 nitrogen and oxygen atoms in total. The molecule has 3 rings (SSSR count). The fraction of sp³-hybridized carbons (Fsp3) is 0.350. The van der Waals surface area contributed by atoms with Crippen molar-refractivity contribution in [1.29, 1.82) is 0 Å². The third-order valence-corrected chi connectivity index (χ3v) is 4.31. The van der Waals surface area contributed by atoms with Gasteiger partial charge in [-0.15, -0.1) is 5.10 Å². The summed E-state index contributed by atoms with van der Waals surface area (Å²) in [5, 5.41) is 8.50. The molecular weight excluding hydrogens is 310 g/mol. The molecule has 0 saturated heterocycles. The summed E-state index contributed by atoms with van der Waals surface area (Å²) in [4.78, 5) is 4.73. The maximum absolute atomic E-state index is 4.73. The van der Waals surface area contributed by atoms with Crippen LogP contribution in [-0.4, -0.2) is 19.6 Å². The fourth-order valence-electron chi connectivity index (χ4n) is 2.76. The highest BCUT2D eigenvalue weighted by atomic mass is 15.5. The van der Waals surface area contributed by atoms with Crippen LogP contribution in [0.2, 0.25) is 0 Å². The van der Waals surface area contributed by atoms with E-state index in [0.717, 1.165) is 29.4 Å². The summed E-state index contributed by atoms with van der Waals surface area (Å²) in [5.74, 6) is 0. The second-order valence-corrected chi connectivity index (χ2v) is 6.12. The first-order valence-electron chi connectivity index (χ1n) is 8.97. The van der Waals surface area contributed by atoms with Gasteiger partial charge in [-0.25, -0.2) is 9.67 Å². The van der Waals surface area contributed by atoms with Gasteiger partial charge >= 0.3 is 0 Å². The molecule has 0 unspecified atom stereocenters. The van der Waals surface area contributed by atoms with Gasteiger partial charge in [0.05, 0.1) is 5.52 Å². The molecule has 0 aliphatic rings. The van der Waals surface area contributed by atoms with Gasteiger partial charge in [-0.05, 0) is 43.5 Å². The Morgan fingerprint density at radius 1 is 1.12 bits per heavy atom. The molecule has 0 saturated carbocycles. The highest BCUT2D eigenvalue weighted by Gasteiger charge is 2.03. The van der Waals surface area contributed by atoms with Crippen LogP contribution >= 0.6 is 0 Å². The van der Waals surface area contributed by atoms with E-state index in [2.05, 4.69) is 28.7 Å². The van der Waals surface area contributed by atoms with Gasteiger partial charge in [0.1, 0.15) is 17.7 Å². The molecular formula is C20H25N5. The minimum absolute atomic E-state index is 0.588. The van der Waals surface area contributed by atoms with Gasteiger partial charge in [-0.1, -0.05) is 49.3 Å². The van der Waals surface area contributed by atoms with Crippen LogP contribution in [0.25, 0.3) is 11.0 Å². The van der Waals surface area contributed by atoms with Crippen LogP contribution in [0.15, 0.2) is 65.4 Å². The lowest BCUT2D eigenvalue weighted by Gasteiger charge is -2.08. The van der Waals surface area contributed by atoms with Gasteiger partial charge < -0.3 is 4.57 Å². The van der Waals surface area contributed by atoms with Gasteiger partial charge in [0, 0.05) is 12.4 Å². The normalized spacial score (nSPS) is 12.9. The van der Waals surface area contributed by atoms with E-state index in [0.29, 0.717) is 6.67 Å². The third kappa shape index (κ3) is 4.24. The first-order valence-corrected chi connectivity index (χ1v) is 8.97. The molecule has 2 aromatic heterocycles.